The fourth-order valence-electron chi connectivity index (χ4n) is 5.11. The number of benzene rings is 3. The Bertz CT molecular complexity index is 1500. The van der Waals surface area contributed by atoms with Crippen LogP contribution in [0.25, 0.3) is 28.1 Å². The summed E-state index contributed by atoms with van der Waals surface area (Å²) in [6, 6.07) is 23.7. The van der Waals surface area contributed by atoms with Crippen LogP contribution in [0, 0.1) is 12.8 Å². The Hall–Kier alpha value is -4.39. The monoisotopic (exact) mass is 522 g/mol. The Morgan fingerprint density at radius 2 is 1.67 bits per heavy atom. The Morgan fingerprint density at radius 3 is 2.33 bits per heavy atom. The molecule has 5 rings (SSSR count). The SMILES string of the molecule is CC(=O)Oc1c(-c2ccc(NC(=O)C3CCCC3)cc2)c(-c2cccc(N(C)C)c2)nn1-c1cccc(C)c1. The van der Waals surface area contributed by atoms with Gasteiger partial charge in [0.25, 0.3) is 0 Å². The lowest BCUT2D eigenvalue weighted by molar-refractivity contribution is -0.132. The predicted molar refractivity (Wildman–Crippen MR) is 155 cm³/mol. The van der Waals surface area contributed by atoms with E-state index in [1.54, 1.807) is 4.68 Å². The van der Waals surface area contributed by atoms with Gasteiger partial charge in [0, 0.05) is 43.9 Å². The van der Waals surface area contributed by atoms with E-state index < -0.39 is 5.97 Å². The standard InChI is InChI=1S/C32H34N4O3/c1-21-9-7-14-28(19-21)36-32(39-22(2)37)29(30(34-36)25-12-8-13-27(20-25)35(3)4)23-15-17-26(18-16-23)33-31(38)24-10-5-6-11-24/h7-9,12-20,24H,5-6,10-11H2,1-4H3,(H,33,38). The minimum atomic E-state index is -0.431. The van der Waals surface area contributed by atoms with Gasteiger partial charge in [-0.15, -0.1) is 0 Å². The van der Waals surface area contributed by atoms with Crippen molar-refractivity contribution >= 4 is 23.3 Å². The molecule has 1 N–H and O–H groups in total. The summed E-state index contributed by atoms with van der Waals surface area (Å²) in [4.78, 5) is 27.0. The van der Waals surface area contributed by atoms with Crippen LogP contribution in [0.1, 0.15) is 38.2 Å². The van der Waals surface area contributed by atoms with Crippen LogP contribution in [-0.4, -0.2) is 35.8 Å². The molecule has 1 aliphatic rings. The van der Waals surface area contributed by atoms with Gasteiger partial charge in [-0.2, -0.15) is 9.78 Å². The number of hydrogen-bond donors (Lipinski definition) is 1. The van der Waals surface area contributed by atoms with Crippen LogP contribution < -0.4 is 15.0 Å². The summed E-state index contributed by atoms with van der Waals surface area (Å²) < 4.78 is 7.54. The average molecular weight is 523 g/mol. The molecule has 0 spiro atoms. The second-order valence-corrected chi connectivity index (χ2v) is 10.4. The average Bonchev–Trinajstić information content (AvgIpc) is 3.58. The van der Waals surface area contributed by atoms with E-state index >= 15 is 0 Å². The summed E-state index contributed by atoms with van der Waals surface area (Å²) in [5.74, 6) is 0.0814. The van der Waals surface area contributed by atoms with Gasteiger partial charge < -0.3 is 15.0 Å². The lowest BCUT2D eigenvalue weighted by Crippen LogP contribution is -2.20. The molecule has 0 bridgehead atoms. The molecule has 0 atom stereocenters. The zero-order valence-electron chi connectivity index (χ0n) is 22.9. The smallest absolute Gasteiger partial charge is 0.309 e. The summed E-state index contributed by atoms with van der Waals surface area (Å²) in [6.45, 7) is 3.41. The molecule has 0 saturated heterocycles. The first kappa shape index (κ1) is 26.2. The van der Waals surface area contributed by atoms with E-state index in [-0.39, 0.29) is 11.8 Å². The van der Waals surface area contributed by atoms with Crippen molar-refractivity contribution in [2.45, 2.75) is 39.5 Å². The van der Waals surface area contributed by atoms with E-state index in [1.807, 2.05) is 92.6 Å². The Morgan fingerprint density at radius 1 is 0.949 bits per heavy atom. The number of anilines is 2. The van der Waals surface area contributed by atoms with Gasteiger partial charge in [0.1, 0.15) is 5.69 Å². The van der Waals surface area contributed by atoms with Crippen LogP contribution in [0.2, 0.25) is 0 Å². The molecule has 1 aliphatic carbocycles. The van der Waals surface area contributed by atoms with Crippen molar-refractivity contribution in [2.75, 3.05) is 24.3 Å². The first-order valence-corrected chi connectivity index (χ1v) is 13.4. The van der Waals surface area contributed by atoms with Crippen molar-refractivity contribution in [3.05, 3.63) is 78.4 Å². The molecule has 39 heavy (non-hydrogen) atoms. The van der Waals surface area contributed by atoms with E-state index in [4.69, 9.17) is 9.84 Å². The number of aryl methyl sites for hydroxylation is 1. The molecular formula is C32H34N4O3. The number of carbonyl (C=O) groups excluding carboxylic acids is 2. The van der Waals surface area contributed by atoms with Gasteiger partial charge in [0.2, 0.25) is 11.8 Å². The molecule has 1 saturated carbocycles. The third-order valence-electron chi connectivity index (χ3n) is 7.13. The molecule has 3 aromatic carbocycles. The van der Waals surface area contributed by atoms with Crippen molar-refractivity contribution in [1.82, 2.24) is 9.78 Å². The number of ether oxygens (including phenoxy) is 1. The van der Waals surface area contributed by atoms with Gasteiger partial charge in [-0.1, -0.05) is 49.2 Å². The number of nitrogens with one attached hydrogen (secondary N) is 1. The maximum absolute atomic E-state index is 12.7. The molecule has 1 aromatic heterocycles. The number of carbonyl (C=O) groups is 2. The first-order chi connectivity index (χ1) is 18.8. The highest BCUT2D eigenvalue weighted by Gasteiger charge is 2.26. The molecule has 7 nitrogen and oxygen atoms in total. The quantitative estimate of drug-likeness (QED) is 0.276. The predicted octanol–water partition coefficient (Wildman–Crippen LogP) is 6.63. The van der Waals surface area contributed by atoms with Gasteiger partial charge in [-0.05, 0) is 67.3 Å². The van der Waals surface area contributed by atoms with Crippen molar-refractivity contribution < 1.29 is 14.3 Å². The van der Waals surface area contributed by atoms with Gasteiger partial charge in [-0.25, -0.2) is 0 Å². The molecule has 1 fully saturated rings. The van der Waals surface area contributed by atoms with Crippen LogP contribution in [-0.2, 0) is 9.59 Å². The minimum Gasteiger partial charge on any atom is -0.407 e. The van der Waals surface area contributed by atoms with E-state index in [0.29, 0.717) is 17.1 Å². The number of amides is 1. The second-order valence-electron chi connectivity index (χ2n) is 10.4. The Balaban J connectivity index is 1.64. The molecule has 4 aromatic rings. The van der Waals surface area contributed by atoms with Crippen LogP contribution >= 0.6 is 0 Å². The maximum atomic E-state index is 12.7. The number of aromatic nitrogens is 2. The van der Waals surface area contributed by atoms with E-state index in [1.165, 1.54) is 6.92 Å². The molecule has 1 heterocycles. The number of nitrogens with zero attached hydrogens (tertiary/aromatic N) is 3. The summed E-state index contributed by atoms with van der Waals surface area (Å²) in [6.07, 6.45) is 4.11. The van der Waals surface area contributed by atoms with Crippen LogP contribution in [0.5, 0.6) is 5.88 Å². The molecule has 200 valence electrons. The zero-order chi connectivity index (χ0) is 27.5. The molecule has 0 radical (unpaired) electrons. The van der Waals surface area contributed by atoms with Crippen molar-refractivity contribution in [3.8, 4) is 34.0 Å². The third kappa shape index (κ3) is 5.72. The van der Waals surface area contributed by atoms with Gasteiger partial charge in [0.05, 0.1) is 11.3 Å². The third-order valence-corrected chi connectivity index (χ3v) is 7.13. The Labute approximate surface area is 229 Å². The zero-order valence-corrected chi connectivity index (χ0v) is 22.9. The minimum absolute atomic E-state index is 0.0781. The molecular weight excluding hydrogens is 488 g/mol. The summed E-state index contributed by atoms with van der Waals surface area (Å²) in [5.41, 5.74) is 6.76. The summed E-state index contributed by atoms with van der Waals surface area (Å²) >= 11 is 0. The highest BCUT2D eigenvalue weighted by Crippen LogP contribution is 2.42. The van der Waals surface area contributed by atoms with Crippen LogP contribution in [0.15, 0.2) is 72.8 Å². The maximum Gasteiger partial charge on any atom is 0.309 e. The molecule has 0 aliphatic heterocycles. The molecule has 7 heteroatoms. The lowest BCUT2D eigenvalue weighted by atomic mass is 10.00. The normalized spacial score (nSPS) is 13.3. The second kappa shape index (κ2) is 11.2. The topological polar surface area (TPSA) is 76.5 Å². The fourth-order valence-corrected chi connectivity index (χ4v) is 5.11. The van der Waals surface area contributed by atoms with Crippen molar-refractivity contribution in [2.24, 2.45) is 5.92 Å². The van der Waals surface area contributed by atoms with Crippen molar-refractivity contribution in [1.29, 1.82) is 0 Å². The Kier molecular flexibility index (Phi) is 7.50. The van der Waals surface area contributed by atoms with Gasteiger partial charge in [-0.3, -0.25) is 9.59 Å². The van der Waals surface area contributed by atoms with E-state index in [9.17, 15) is 9.59 Å². The van der Waals surface area contributed by atoms with E-state index in [2.05, 4.69) is 11.4 Å². The van der Waals surface area contributed by atoms with E-state index in [0.717, 1.165) is 59.4 Å². The molecule has 1 amide bonds. The highest BCUT2D eigenvalue weighted by molar-refractivity contribution is 5.94. The summed E-state index contributed by atoms with van der Waals surface area (Å²) in [5, 5.41) is 8.06. The largest absolute Gasteiger partial charge is 0.407 e. The fraction of sp³-hybridized carbons (Fsp3) is 0.281. The number of hydrogen-bond acceptors (Lipinski definition) is 5. The van der Waals surface area contributed by atoms with Crippen molar-refractivity contribution in [3.63, 3.8) is 0 Å². The van der Waals surface area contributed by atoms with Gasteiger partial charge in [0.15, 0.2) is 0 Å². The first-order valence-electron chi connectivity index (χ1n) is 13.4. The summed E-state index contributed by atoms with van der Waals surface area (Å²) in [7, 11) is 3.99. The lowest BCUT2D eigenvalue weighted by Gasteiger charge is -2.14. The molecule has 0 unspecified atom stereocenters. The highest BCUT2D eigenvalue weighted by atomic mass is 16.5. The number of rotatable bonds is 7. The van der Waals surface area contributed by atoms with Gasteiger partial charge >= 0.3 is 5.97 Å². The van der Waals surface area contributed by atoms with Crippen LogP contribution in [0.3, 0.4) is 0 Å². The number of esters is 1. The van der Waals surface area contributed by atoms with Crippen LogP contribution in [0.4, 0.5) is 11.4 Å².